The van der Waals surface area contributed by atoms with Gasteiger partial charge >= 0.3 is 0 Å². The minimum atomic E-state index is -1.55. The maximum Gasteiger partial charge on any atom is 0.109 e. The molecule has 9 rings (SSSR count). The van der Waals surface area contributed by atoms with Gasteiger partial charge in [-0.25, -0.2) is 0 Å². The minimum absolute atomic E-state index is 0.0643. The van der Waals surface area contributed by atoms with Crippen LogP contribution >= 0.6 is 0 Å². The first-order valence-corrected chi connectivity index (χ1v) is 18.7. The Morgan fingerprint density at radius 1 is 0.375 bits per heavy atom. The van der Waals surface area contributed by atoms with Crippen molar-refractivity contribution < 1.29 is 41.0 Å². The molecule has 0 aromatic rings. The molecule has 0 amide bonds. The summed E-state index contributed by atoms with van der Waals surface area (Å²) < 4.78 is 0. The fraction of sp³-hybridized carbons (Fsp3) is 1.00. The summed E-state index contributed by atoms with van der Waals surface area (Å²) in [7, 11) is 0. The monoisotopic (exact) mass is 680 g/mol. The second-order valence-electron chi connectivity index (χ2n) is 16.7. The molecule has 4 saturated carbocycles. The summed E-state index contributed by atoms with van der Waals surface area (Å²) in [5.74, 6) is -1.20. The lowest BCUT2D eigenvalue weighted by Gasteiger charge is -2.45. The summed E-state index contributed by atoms with van der Waals surface area (Å²) >= 11 is 0. The lowest BCUT2D eigenvalue weighted by Crippen LogP contribution is -2.64. The molecular weight excluding hydrogens is 624 g/mol. The largest absolute Gasteiger partial charge is 0.390 e. The maximum absolute atomic E-state index is 12.0. The topological polar surface area (TPSA) is 249 Å². The molecule has 23 unspecified atom stereocenters. The standard InChI is InChI=1S/C32H56N8O8/c41-15-9-14-16(20(43)19(15)42)28-35-27(14)39-32-13-8-4-3-7-12(13)31(40(32)48)38-26-11-6-2-1-5-10(11)25(33-26)34-29-17-18(30(36-28)37-29)22(45)24(47)23(46)21(17)44/h10-39,41-48H,1-9H2. The summed E-state index contributed by atoms with van der Waals surface area (Å²) in [6, 6.07) is 0. The van der Waals surface area contributed by atoms with Crippen LogP contribution < -0.4 is 37.2 Å². The van der Waals surface area contributed by atoms with E-state index in [9.17, 15) is 41.0 Å². The van der Waals surface area contributed by atoms with Gasteiger partial charge in [-0.05, 0) is 61.7 Å². The van der Waals surface area contributed by atoms with Crippen LogP contribution in [0.25, 0.3) is 0 Å². The molecule has 16 nitrogen and oxygen atoms in total. The highest BCUT2D eigenvalue weighted by atomic mass is 16.5. The van der Waals surface area contributed by atoms with Crippen LogP contribution in [0.1, 0.15) is 57.8 Å². The summed E-state index contributed by atoms with van der Waals surface area (Å²) in [5.41, 5.74) is 0. The lowest BCUT2D eigenvalue weighted by molar-refractivity contribution is -0.183. The number of aliphatic hydroxyl groups is 7. The van der Waals surface area contributed by atoms with Crippen molar-refractivity contribution in [1.29, 1.82) is 0 Å². The van der Waals surface area contributed by atoms with E-state index >= 15 is 0 Å². The summed E-state index contributed by atoms with van der Waals surface area (Å²) in [6.45, 7) is 0. The van der Waals surface area contributed by atoms with Crippen molar-refractivity contribution in [3.63, 3.8) is 0 Å². The Morgan fingerprint density at radius 3 is 1.27 bits per heavy atom. The summed E-state index contributed by atoms with van der Waals surface area (Å²) in [6.07, 6.45) is -3.85. The normalized spacial score (nSPS) is 61.4. The minimum Gasteiger partial charge on any atom is -0.390 e. The number of hydrogen-bond acceptors (Lipinski definition) is 16. The van der Waals surface area contributed by atoms with E-state index in [0.29, 0.717) is 5.92 Å². The van der Waals surface area contributed by atoms with E-state index in [0.717, 1.165) is 51.4 Å². The Hall–Kier alpha value is -0.640. The van der Waals surface area contributed by atoms with Gasteiger partial charge in [0.2, 0.25) is 0 Å². The summed E-state index contributed by atoms with van der Waals surface area (Å²) in [5, 5.41) is 117. The van der Waals surface area contributed by atoms with E-state index in [-0.39, 0.29) is 54.8 Å². The fourth-order valence-electron chi connectivity index (χ4n) is 12.2. The Kier molecular flexibility index (Phi) is 8.65. The Labute approximate surface area is 280 Å². The number of nitrogens with one attached hydrogen (secondary N) is 7. The highest BCUT2D eigenvalue weighted by Gasteiger charge is 2.62. The zero-order valence-corrected chi connectivity index (χ0v) is 27.2. The Balaban J connectivity index is 1.11. The van der Waals surface area contributed by atoms with Gasteiger partial charge in [0.25, 0.3) is 0 Å². The third-order valence-corrected chi connectivity index (χ3v) is 14.5. The van der Waals surface area contributed by atoms with Gasteiger partial charge in [0.1, 0.15) is 18.3 Å². The molecule has 0 aromatic heterocycles. The second-order valence-corrected chi connectivity index (χ2v) is 16.7. The molecular formula is C32H56N8O8. The van der Waals surface area contributed by atoms with Crippen molar-refractivity contribution in [3.8, 4) is 0 Å². The van der Waals surface area contributed by atoms with Crippen molar-refractivity contribution in [2.45, 2.75) is 150 Å². The molecule has 9 fully saturated rings. The van der Waals surface area contributed by atoms with E-state index in [1.165, 1.54) is 5.06 Å². The molecule has 4 aliphatic carbocycles. The number of fused-ring (bicyclic) bond motifs is 20. The van der Waals surface area contributed by atoms with E-state index in [1.807, 2.05) is 0 Å². The van der Waals surface area contributed by atoms with Crippen LogP contribution in [0, 0.1) is 47.3 Å². The van der Waals surface area contributed by atoms with Gasteiger partial charge < -0.3 is 41.0 Å². The highest BCUT2D eigenvalue weighted by molar-refractivity contribution is 5.14. The fourth-order valence-corrected chi connectivity index (χ4v) is 12.2. The predicted octanol–water partition coefficient (Wildman–Crippen LogP) is -4.50. The molecule has 5 aliphatic heterocycles. The van der Waals surface area contributed by atoms with Crippen molar-refractivity contribution in [2.75, 3.05) is 0 Å². The van der Waals surface area contributed by atoms with E-state index in [4.69, 9.17) is 0 Å². The zero-order valence-electron chi connectivity index (χ0n) is 27.2. The van der Waals surface area contributed by atoms with Crippen molar-refractivity contribution >= 4 is 0 Å². The average Bonchev–Trinajstić information content (AvgIpc) is 3.79. The second kappa shape index (κ2) is 12.5. The lowest BCUT2D eigenvalue weighted by atomic mass is 9.71. The van der Waals surface area contributed by atoms with Crippen LogP contribution in [0.4, 0.5) is 0 Å². The quantitative estimate of drug-likeness (QED) is 0.115. The number of aliphatic hydroxyl groups excluding tert-OH is 7. The van der Waals surface area contributed by atoms with Gasteiger partial charge in [0.15, 0.2) is 0 Å². The van der Waals surface area contributed by atoms with Gasteiger partial charge in [-0.15, -0.1) is 0 Å². The molecule has 48 heavy (non-hydrogen) atoms. The van der Waals surface area contributed by atoms with Crippen LogP contribution in [0.15, 0.2) is 0 Å². The van der Waals surface area contributed by atoms with Gasteiger partial charge in [-0.3, -0.25) is 37.2 Å². The summed E-state index contributed by atoms with van der Waals surface area (Å²) in [4.78, 5) is 0. The third kappa shape index (κ3) is 5.02. The number of rotatable bonds is 0. The SMILES string of the molecule is OC1CC2C3NC(NC4NC(NC5NC(NC6C7CCCCC7C(N3)N6O)C3CCCCC53)C3C(O)C(O)C(O)C(O)C43)C2C(O)C1O. The first kappa shape index (κ1) is 33.2. The number of hydroxylamine groups is 2. The van der Waals surface area contributed by atoms with E-state index < -0.39 is 85.1 Å². The van der Waals surface area contributed by atoms with Gasteiger partial charge in [0, 0.05) is 17.8 Å². The van der Waals surface area contributed by atoms with E-state index in [2.05, 4.69) is 37.2 Å². The van der Waals surface area contributed by atoms with Crippen LogP contribution in [-0.2, 0) is 0 Å². The number of hydrogen-bond donors (Lipinski definition) is 15. The van der Waals surface area contributed by atoms with Crippen molar-refractivity contribution in [2.24, 2.45) is 47.3 Å². The van der Waals surface area contributed by atoms with Crippen molar-refractivity contribution in [3.05, 3.63) is 0 Å². The Bertz CT molecular complexity index is 1200. The molecule has 16 heteroatoms. The van der Waals surface area contributed by atoms with Crippen LogP contribution in [0.3, 0.4) is 0 Å². The van der Waals surface area contributed by atoms with Gasteiger partial charge in [-0.1, -0.05) is 25.7 Å². The van der Waals surface area contributed by atoms with Crippen molar-refractivity contribution in [1.82, 2.24) is 42.3 Å². The Morgan fingerprint density at radius 2 is 0.750 bits per heavy atom. The van der Waals surface area contributed by atoms with Crippen LogP contribution in [0.5, 0.6) is 0 Å². The molecule has 9 aliphatic rings. The van der Waals surface area contributed by atoms with Gasteiger partial charge in [-0.2, -0.15) is 5.06 Å². The van der Waals surface area contributed by atoms with E-state index in [1.54, 1.807) is 0 Å². The smallest absolute Gasteiger partial charge is 0.109 e. The third-order valence-electron chi connectivity index (χ3n) is 14.5. The molecule has 5 heterocycles. The first-order chi connectivity index (χ1) is 23.1. The number of nitrogens with zero attached hydrogens (tertiary/aromatic N) is 1. The van der Waals surface area contributed by atoms with Crippen LogP contribution in [-0.4, -0.2) is 138 Å². The molecule has 5 saturated heterocycles. The molecule has 0 aromatic carbocycles. The predicted molar refractivity (Wildman–Crippen MR) is 167 cm³/mol. The molecule has 272 valence electrons. The molecule has 15 N–H and O–H groups in total. The first-order valence-electron chi connectivity index (χ1n) is 18.7. The molecule has 8 bridgehead atoms. The molecule has 0 radical (unpaired) electrons. The van der Waals surface area contributed by atoms with Crippen LogP contribution in [0.2, 0.25) is 0 Å². The highest BCUT2D eigenvalue weighted by Crippen LogP contribution is 2.47. The zero-order chi connectivity index (χ0) is 33.2. The molecule has 23 atom stereocenters. The average molecular weight is 681 g/mol. The molecule has 0 spiro atoms. The maximum atomic E-state index is 12.0. The van der Waals surface area contributed by atoms with Gasteiger partial charge in [0.05, 0.1) is 73.7 Å².